The Morgan fingerprint density at radius 2 is 0.468 bits per heavy atom. The fourth-order valence-electron chi connectivity index (χ4n) is 12.5. The number of fused-ring (bicyclic) bond motifs is 7. The molecule has 0 saturated heterocycles. The molecule has 0 amide bonds. The third-order valence-electron chi connectivity index (χ3n) is 17.4. The van der Waals surface area contributed by atoms with Crippen LogP contribution in [0.1, 0.15) is 0 Å². The number of benzene rings is 9. The van der Waals surface area contributed by atoms with Gasteiger partial charge in [-0.1, -0.05) is 158 Å². The van der Waals surface area contributed by atoms with Gasteiger partial charge < -0.3 is 0 Å². The van der Waals surface area contributed by atoms with E-state index in [0.717, 1.165) is 177 Å². The lowest BCUT2D eigenvalue weighted by atomic mass is 9.94. The minimum absolute atomic E-state index is 0.857. The highest BCUT2D eigenvalue weighted by Crippen LogP contribution is 2.37. The van der Waals surface area contributed by atoms with Gasteiger partial charge in [0, 0.05) is 96.5 Å². The number of hydrogen-bond donors (Lipinski definition) is 0. The van der Waals surface area contributed by atoms with E-state index in [1.54, 1.807) is 12.4 Å². The third-order valence-corrected chi connectivity index (χ3v) is 17.4. The molecule has 9 aromatic carbocycles. The van der Waals surface area contributed by atoms with Gasteiger partial charge in [0.1, 0.15) is 0 Å². The van der Waals surface area contributed by atoms with E-state index < -0.39 is 0 Å². The van der Waals surface area contributed by atoms with Crippen LogP contribution in [0.4, 0.5) is 0 Å². The van der Waals surface area contributed by atoms with E-state index in [2.05, 4.69) is 215 Å². The van der Waals surface area contributed by atoms with E-state index >= 15 is 0 Å². The lowest BCUT2D eigenvalue weighted by molar-refractivity contribution is 1.28. The molecule has 0 bridgehead atoms. The Hall–Kier alpha value is -12.9. The summed E-state index contributed by atoms with van der Waals surface area (Å²) < 4.78 is 0. The Bertz CT molecular complexity index is 5860. The van der Waals surface area contributed by atoms with Gasteiger partial charge in [-0.2, -0.15) is 0 Å². The Balaban J connectivity index is 0.000000146. The van der Waals surface area contributed by atoms with Crippen molar-refractivity contribution in [3.63, 3.8) is 0 Å². The van der Waals surface area contributed by atoms with E-state index in [1.165, 1.54) is 0 Å². The highest BCUT2D eigenvalue weighted by molar-refractivity contribution is 5.95. The fraction of sp³-hybridized carbons (Fsp3) is 0. The summed E-state index contributed by atoms with van der Waals surface area (Å²) in [4.78, 5) is 43.4. The molecular weight excluding hydrogens is 1150 g/mol. The van der Waals surface area contributed by atoms with Gasteiger partial charge in [0.05, 0.1) is 72.8 Å². The van der Waals surface area contributed by atoms with Crippen molar-refractivity contribution in [1.29, 1.82) is 0 Å². The Morgan fingerprint density at radius 1 is 0.149 bits per heavy atom. The average molecular weight is 1200 g/mol. The van der Waals surface area contributed by atoms with Crippen LogP contribution in [0.5, 0.6) is 0 Å². The zero-order chi connectivity index (χ0) is 62.3. The van der Waals surface area contributed by atoms with E-state index in [4.69, 9.17) is 29.9 Å². The molecule has 18 aromatic rings. The van der Waals surface area contributed by atoms with Crippen LogP contribution in [0.25, 0.3) is 177 Å². The van der Waals surface area contributed by atoms with Crippen molar-refractivity contribution in [3.8, 4) is 101 Å². The first-order chi connectivity index (χ1) is 46.5. The second-order valence-corrected chi connectivity index (χ2v) is 23.5. The molecule has 9 heteroatoms. The molecule has 0 radical (unpaired) electrons. The summed E-state index contributed by atoms with van der Waals surface area (Å²) in [6, 6.07) is 101. The van der Waals surface area contributed by atoms with Crippen molar-refractivity contribution in [2.24, 2.45) is 0 Å². The molecule has 18 rings (SSSR count). The highest BCUT2D eigenvalue weighted by atomic mass is 14.8. The number of aromatic nitrogens is 9. The van der Waals surface area contributed by atoms with Crippen LogP contribution in [0, 0.1) is 0 Å². The second-order valence-electron chi connectivity index (χ2n) is 23.5. The molecule has 94 heavy (non-hydrogen) atoms. The van der Waals surface area contributed by atoms with Crippen LogP contribution in [-0.4, -0.2) is 44.9 Å². The van der Waals surface area contributed by atoms with Crippen LogP contribution in [0.2, 0.25) is 0 Å². The first-order valence-corrected chi connectivity index (χ1v) is 31.3. The first-order valence-electron chi connectivity index (χ1n) is 31.3. The molecule has 0 atom stereocenters. The normalized spacial score (nSPS) is 11.4. The van der Waals surface area contributed by atoms with Crippen LogP contribution < -0.4 is 0 Å². The topological polar surface area (TPSA) is 116 Å². The van der Waals surface area contributed by atoms with Gasteiger partial charge in [0.15, 0.2) is 0 Å². The average Bonchev–Trinajstić information content (AvgIpc) is 1.26. The van der Waals surface area contributed by atoms with E-state index in [1.807, 2.05) is 110 Å². The van der Waals surface area contributed by atoms with Gasteiger partial charge >= 0.3 is 0 Å². The molecule has 0 unspecified atom stereocenters. The molecule has 0 spiro atoms. The molecule has 0 saturated carbocycles. The predicted octanol–water partition coefficient (Wildman–Crippen LogP) is 21.0. The predicted molar refractivity (Wildman–Crippen MR) is 385 cm³/mol. The summed E-state index contributed by atoms with van der Waals surface area (Å²) in [6.07, 6.45) is 9.46. The van der Waals surface area contributed by atoms with Gasteiger partial charge in [-0.25, -0.2) is 19.9 Å². The summed E-state index contributed by atoms with van der Waals surface area (Å²) in [5, 5.41) is 7.71. The molecule has 9 aromatic heterocycles. The molecular formula is C85H53N9. The molecule has 0 aliphatic heterocycles. The zero-order valence-electron chi connectivity index (χ0n) is 50.6. The van der Waals surface area contributed by atoms with Gasteiger partial charge in [0.2, 0.25) is 0 Å². The molecule has 438 valence electrons. The summed E-state index contributed by atoms with van der Waals surface area (Å²) in [6.45, 7) is 0. The first kappa shape index (κ1) is 55.2. The van der Waals surface area contributed by atoms with Gasteiger partial charge in [0.25, 0.3) is 0 Å². The SMILES string of the molecule is c1ccc(-c2ccc3ccc(-c4ccc5ccc(-c6cc(-c7cnc8ccccc8c7)cc(-c7cnc8ccccc8c7)c6)nc5c4)cc3n2)nc1.c1ccc(-c2ccc3ccc(-c4ccc5ccc(-c6cccc(-c7cnc8ccccc8c7)c6)nc5c4)cc3n2)nc1. The zero-order valence-corrected chi connectivity index (χ0v) is 50.6. The van der Waals surface area contributed by atoms with Crippen molar-refractivity contribution in [2.45, 2.75) is 0 Å². The number of para-hydroxylation sites is 3. The maximum atomic E-state index is 5.26. The van der Waals surface area contributed by atoms with Gasteiger partial charge in [-0.3, -0.25) is 24.9 Å². The molecule has 0 N–H and O–H groups in total. The maximum absolute atomic E-state index is 5.26. The largest absolute Gasteiger partial charge is 0.256 e. The Kier molecular flexibility index (Phi) is 14.0. The molecule has 9 nitrogen and oxygen atoms in total. The van der Waals surface area contributed by atoms with Gasteiger partial charge in [-0.15, -0.1) is 0 Å². The van der Waals surface area contributed by atoms with Crippen molar-refractivity contribution in [2.75, 3.05) is 0 Å². The second kappa shape index (κ2) is 23.8. The number of nitrogens with zero attached hydrogens (tertiary/aromatic N) is 9. The van der Waals surface area contributed by atoms with Crippen molar-refractivity contribution in [3.05, 3.63) is 322 Å². The number of hydrogen-bond acceptors (Lipinski definition) is 9. The molecule has 0 aliphatic carbocycles. The molecule has 9 heterocycles. The number of pyridine rings is 9. The van der Waals surface area contributed by atoms with E-state index in [0.29, 0.717) is 0 Å². The summed E-state index contributed by atoms with van der Waals surface area (Å²) in [5.41, 5.74) is 24.9. The monoisotopic (exact) mass is 1200 g/mol. The lowest BCUT2D eigenvalue weighted by Gasteiger charge is -2.12. The highest BCUT2D eigenvalue weighted by Gasteiger charge is 2.15. The molecule has 0 fully saturated rings. The lowest BCUT2D eigenvalue weighted by Crippen LogP contribution is -1.91. The van der Waals surface area contributed by atoms with Crippen LogP contribution in [0.3, 0.4) is 0 Å². The number of rotatable bonds is 9. The standard InChI is InChI=1S/C47H29N5.C38H24N4/c1-3-9-41-34(7-1)21-39(28-49-41)36-23-37(40-22-35-8-2-4-10-42(35)50-29-40)25-38(24-36)43-18-16-30-12-14-32(26-46(30)51-43)33-15-13-31-17-19-45(52-47(31)27-33)44-11-5-6-20-48-44;1-2-9-33-30(6-1)21-32(24-40-33)27-7-5-8-31(20-27)34-17-15-25-11-13-28(22-37(25)41-34)29-14-12-26-16-18-36(42-38(26)23-29)35-10-3-4-19-39-35/h1-29H;1-24H. The third kappa shape index (κ3) is 11.1. The van der Waals surface area contributed by atoms with Crippen molar-refractivity contribution < 1.29 is 0 Å². The van der Waals surface area contributed by atoms with Crippen molar-refractivity contribution in [1.82, 2.24) is 44.9 Å². The Labute approximate surface area is 541 Å². The quantitative estimate of drug-likeness (QED) is 0.139. The van der Waals surface area contributed by atoms with E-state index in [-0.39, 0.29) is 0 Å². The van der Waals surface area contributed by atoms with Gasteiger partial charge in [-0.05, 0) is 172 Å². The summed E-state index contributed by atoms with van der Waals surface area (Å²) in [7, 11) is 0. The maximum Gasteiger partial charge on any atom is 0.0893 e. The van der Waals surface area contributed by atoms with Crippen LogP contribution in [0.15, 0.2) is 322 Å². The van der Waals surface area contributed by atoms with Crippen LogP contribution in [-0.2, 0) is 0 Å². The smallest absolute Gasteiger partial charge is 0.0893 e. The van der Waals surface area contributed by atoms with Crippen molar-refractivity contribution >= 4 is 76.3 Å². The Morgan fingerprint density at radius 3 is 0.883 bits per heavy atom. The summed E-state index contributed by atoms with van der Waals surface area (Å²) >= 11 is 0. The van der Waals surface area contributed by atoms with Crippen LogP contribution >= 0.6 is 0 Å². The minimum atomic E-state index is 0.857. The van der Waals surface area contributed by atoms with E-state index in [9.17, 15) is 0 Å². The minimum Gasteiger partial charge on any atom is -0.256 e. The summed E-state index contributed by atoms with van der Waals surface area (Å²) in [5.74, 6) is 0. The fourth-order valence-corrected chi connectivity index (χ4v) is 12.5. The molecule has 0 aliphatic rings.